The van der Waals surface area contributed by atoms with Gasteiger partial charge in [-0.3, -0.25) is 0 Å². The number of nitrogens with zero attached hydrogens (tertiary/aromatic N) is 1. The van der Waals surface area contributed by atoms with Crippen LogP contribution in [-0.2, 0) is 5.41 Å². The molecule has 1 aromatic heterocycles. The number of ether oxygens (including phenoxy) is 1. The molecule has 20 heavy (non-hydrogen) atoms. The third-order valence-electron chi connectivity index (χ3n) is 3.18. The van der Waals surface area contributed by atoms with Crippen LogP contribution < -0.4 is 4.74 Å². The summed E-state index contributed by atoms with van der Waals surface area (Å²) in [4.78, 5) is 10.8. The van der Waals surface area contributed by atoms with Crippen LogP contribution in [0.4, 0.5) is 4.39 Å². The number of carbonyl (C=O) groups is 1. The lowest BCUT2D eigenvalue weighted by molar-refractivity contribution is 0.0685. The van der Waals surface area contributed by atoms with E-state index < -0.39 is 17.2 Å². The molecule has 0 amide bonds. The van der Waals surface area contributed by atoms with Crippen molar-refractivity contribution < 1.29 is 23.6 Å². The number of hydrogen-bond acceptors (Lipinski definition) is 4. The monoisotopic (exact) mass is 279 g/mol. The molecule has 2 aromatic rings. The molecular weight excluding hydrogens is 265 g/mol. The largest absolute Gasteiger partial charge is 0.496 e. The minimum Gasteiger partial charge on any atom is -0.496 e. The molecule has 0 unspecified atom stereocenters. The third-order valence-corrected chi connectivity index (χ3v) is 3.18. The van der Waals surface area contributed by atoms with Crippen LogP contribution >= 0.6 is 0 Å². The fourth-order valence-corrected chi connectivity index (χ4v) is 1.97. The van der Waals surface area contributed by atoms with Gasteiger partial charge in [-0.05, 0) is 32.0 Å². The SMILES string of the molecule is COc1ccc(F)cc1C(C)(C)c1cc(C(=O)O)no1. The fourth-order valence-electron chi connectivity index (χ4n) is 1.97. The van der Waals surface area contributed by atoms with Crippen LogP contribution in [0.1, 0.15) is 35.7 Å². The number of aromatic nitrogens is 1. The molecule has 5 nitrogen and oxygen atoms in total. The maximum Gasteiger partial charge on any atom is 0.358 e. The van der Waals surface area contributed by atoms with Crippen LogP contribution in [0.3, 0.4) is 0 Å². The molecule has 106 valence electrons. The van der Waals surface area contributed by atoms with Gasteiger partial charge in [0.1, 0.15) is 17.3 Å². The molecule has 0 saturated heterocycles. The minimum atomic E-state index is -1.18. The van der Waals surface area contributed by atoms with Gasteiger partial charge in [0.15, 0.2) is 5.69 Å². The number of benzene rings is 1. The van der Waals surface area contributed by atoms with Gasteiger partial charge in [0.25, 0.3) is 0 Å². The summed E-state index contributed by atoms with van der Waals surface area (Å²) in [5.74, 6) is -0.780. The van der Waals surface area contributed by atoms with Gasteiger partial charge in [0, 0.05) is 11.6 Å². The van der Waals surface area contributed by atoms with Crippen LogP contribution in [-0.4, -0.2) is 23.3 Å². The maximum atomic E-state index is 13.5. The lowest BCUT2D eigenvalue weighted by atomic mass is 9.81. The van der Waals surface area contributed by atoms with Gasteiger partial charge in [-0.2, -0.15) is 0 Å². The number of rotatable bonds is 4. The van der Waals surface area contributed by atoms with Crippen LogP contribution in [0.15, 0.2) is 28.8 Å². The van der Waals surface area contributed by atoms with Gasteiger partial charge in [0.2, 0.25) is 0 Å². The van der Waals surface area contributed by atoms with Crippen molar-refractivity contribution in [2.24, 2.45) is 0 Å². The summed E-state index contributed by atoms with van der Waals surface area (Å²) in [7, 11) is 1.48. The first kappa shape index (κ1) is 14.0. The van der Waals surface area contributed by atoms with Gasteiger partial charge < -0.3 is 14.4 Å². The Morgan fingerprint density at radius 1 is 1.40 bits per heavy atom. The summed E-state index contributed by atoms with van der Waals surface area (Å²) >= 11 is 0. The van der Waals surface area contributed by atoms with Crippen LogP contribution in [0.2, 0.25) is 0 Å². The third kappa shape index (κ3) is 2.36. The highest BCUT2D eigenvalue weighted by atomic mass is 19.1. The standard InChI is InChI=1S/C14H14FNO4/c1-14(2,12-7-10(13(17)18)16-20-12)9-6-8(15)4-5-11(9)19-3/h4-7H,1-3H3,(H,17,18). The van der Waals surface area contributed by atoms with Gasteiger partial charge in [-0.15, -0.1) is 0 Å². The summed E-state index contributed by atoms with van der Waals surface area (Å²) in [5, 5.41) is 12.3. The average Bonchev–Trinajstić information content (AvgIpc) is 2.89. The van der Waals surface area contributed by atoms with Gasteiger partial charge in [0.05, 0.1) is 12.5 Å². The molecule has 1 N–H and O–H groups in total. The van der Waals surface area contributed by atoms with E-state index in [2.05, 4.69) is 5.16 Å². The quantitative estimate of drug-likeness (QED) is 0.931. The number of methoxy groups -OCH3 is 1. The minimum absolute atomic E-state index is 0.191. The summed E-state index contributed by atoms with van der Waals surface area (Å²) < 4.78 is 23.8. The van der Waals surface area contributed by atoms with Crippen LogP contribution in [0, 0.1) is 5.82 Å². The smallest absolute Gasteiger partial charge is 0.358 e. The van der Waals surface area contributed by atoms with E-state index in [9.17, 15) is 9.18 Å². The molecular formula is C14H14FNO4. The molecule has 1 heterocycles. The first-order valence-electron chi connectivity index (χ1n) is 5.90. The number of halogens is 1. The predicted octanol–water partition coefficient (Wildman–Crippen LogP) is 2.85. The average molecular weight is 279 g/mol. The molecule has 0 radical (unpaired) electrons. The molecule has 6 heteroatoms. The van der Waals surface area contributed by atoms with Crippen molar-refractivity contribution in [3.8, 4) is 5.75 Å². The molecule has 0 atom stereocenters. The lowest BCUT2D eigenvalue weighted by Crippen LogP contribution is -2.19. The molecule has 2 rings (SSSR count). The fraction of sp³-hybridized carbons (Fsp3) is 0.286. The number of aromatic carboxylic acids is 1. The van der Waals surface area contributed by atoms with Crippen LogP contribution in [0.5, 0.6) is 5.75 Å². The Balaban J connectivity index is 2.53. The van der Waals surface area contributed by atoms with Crippen LogP contribution in [0.25, 0.3) is 0 Å². The molecule has 0 aliphatic carbocycles. The normalized spacial score (nSPS) is 11.4. The molecule has 0 aliphatic rings. The molecule has 1 aromatic carbocycles. The first-order valence-corrected chi connectivity index (χ1v) is 5.90. The Bertz CT molecular complexity index is 648. The van der Waals surface area contributed by atoms with Crippen molar-refractivity contribution in [3.63, 3.8) is 0 Å². The Hall–Kier alpha value is -2.37. The Labute approximate surface area is 115 Å². The van der Waals surface area contributed by atoms with Gasteiger partial charge in [-0.25, -0.2) is 9.18 Å². The number of hydrogen-bond donors (Lipinski definition) is 1. The van der Waals surface area contributed by atoms with Gasteiger partial charge >= 0.3 is 5.97 Å². The highest BCUT2D eigenvalue weighted by Crippen LogP contribution is 2.37. The highest BCUT2D eigenvalue weighted by Gasteiger charge is 2.32. The van der Waals surface area contributed by atoms with E-state index in [-0.39, 0.29) is 5.69 Å². The first-order chi connectivity index (χ1) is 9.36. The second-order valence-corrected chi connectivity index (χ2v) is 4.85. The van der Waals surface area contributed by atoms with E-state index in [4.69, 9.17) is 14.4 Å². The topological polar surface area (TPSA) is 72.6 Å². The predicted molar refractivity (Wildman–Crippen MR) is 68.5 cm³/mol. The zero-order valence-corrected chi connectivity index (χ0v) is 11.3. The van der Waals surface area contributed by atoms with Crippen molar-refractivity contribution in [2.45, 2.75) is 19.3 Å². The maximum absolute atomic E-state index is 13.5. The summed E-state index contributed by atoms with van der Waals surface area (Å²) in [6.07, 6.45) is 0. The zero-order valence-electron chi connectivity index (χ0n) is 11.3. The Morgan fingerprint density at radius 3 is 2.65 bits per heavy atom. The molecule has 0 spiro atoms. The van der Waals surface area contributed by atoms with Gasteiger partial charge in [-0.1, -0.05) is 5.16 Å². The van der Waals surface area contributed by atoms with E-state index in [1.807, 2.05) is 0 Å². The van der Waals surface area contributed by atoms with E-state index >= 15 is 0 Å². The lowest BCUT2D eigenvalue weighted by Gasteiger charge is -2.24. The van der Waals surface area contributed by atoms with E-state index in [1.54, 1.807) is 13.8 Å². The summed E-state index contributed by atoms with van der Waals surface area (Å²) in [6.45, 7) is 3.55. The second-order valence-electron chi connectivity index (χ2n) is 4.85. The van der Waals surface area contributed by atoms with Crippen molar-refractivity contribution in [1.82, 2.24) is 5.16 Å². The molecule has 0 fully saturated rings. The van der Waals surface area contributed by atoms with Crippen molar-refractivity contribution in [2.75, 3.05) is 7.11 Å². The molecule has 0 bridgehead atoms. The Morgan fingerprint density at radius 2 is 2.10 bits per heavy atom. The molecule has 0 aliphatic heterocycles. The van der Waals surface area contributed by atoms with Crippen molar-refractivity contribution in [3.05, 3.63) is 47.1 Å². The summed E-state index contributed by atoms with van der Waals surface area (Å²) in [5.41, 5.74) is -0.426. The Kier molecular flexibility index (Phi) is 3.48. The van der Waals surface area contributed by atoms with E-state index in [1.165, 1.54) is 31.4 Å². The molecule has 0 saturated carbocycles. The van der Waals surface area contributed by atoms with Crippen molar-refractivity contribution in [1.29, 1.82) is 0 Å². The zero-order chi connectivity index (χ0) is 14.9. The second kappa shape index (κ2) is 4.96. The van der Waals surface area contributed by atoms with Crippen molar-refractivity contribution >= 4 is 5.97 Å². The highest BCUT2D eigenvalue weighted by molar-refractivity contribution is 5.85. The van der Waals surface area contributed by atoms with E-state index in [0.29, 0.717) is 17.1 Å². The number of carboxylic acid groups (broad SMARTS) is 1. The number of carboxylic acids is 1. The summed E-state index contributed by atoms with van der Waals surface area (Å²) in [6, 6.07) is 5.47. The van der Waals surface area contributed by atoms with E-state index in [0.717, 1.165) is 0 Å².